The van der Waals surface area contributed by atoms with Crippen LogP contribution in [0.5, 0.6) is 0 Å². The molecule has 1 atom stereocenters. The molecule has 0 saturated heterocycles. The number of carbonyl (C=O) groups is 2. The number of amides is 1. The minimum Gasteiger partial charge on any atom is -0.378 e. The number of nitrogens with two attached hydrogens (primary N) is 1. The van der Waals surface area contributed by atoms with Crippen LogP contribution in [0.2, 0.25) is 0 Å². The second kappa shape index (κ2) is 14.1. The van der Waals surface area contributed by atoms with Crippen LogP contribution in [0.3, 0.4) is 0 Å². The van der Waals surface area contributed by atoms with Crippen molar-refractivity contribution in [3.8, 4) is 23.0 Å². The topological polar surface area (TPSA) is 111 Å². The number of carbonyl (C=O) groups excluding carboxylic acids is 2. The van der Waals surface area contributed by atoms with Crippen LogP contribution in [0, 0.1) is 29.3 Å². The van der Waals surface area contributed by atoms with Gasteiger partial charge in [-0.2, -0.15) is 13.9 Å². The van der Waals surface area contributed by atoms with Crippen molar-refractivity contribution in [3.05, 3.63) is 105 Å². The normalized spacial score (nSPS) is 15.5. The van der Waals surface area contributed by atoms with Crippen LogP contribution >= 0.6 is 0 Å². The molecular formula is C36H29F9N4O3. The van der Waals surface area contributed by atoms with Crippen molar-refractivity contribution in [2.75, 3.05) is 0 Å². The molecule has 52 heavy (non-hydrogen) atoms. The lowest BCUT2D eigenvalue weighted by atomic mass is 9.86. The van der Waals surface area contributed by atoms with E-state index in [4.69, 9.17) is 5.73 Å². The molecule has 2 aromatic carbocycles. The maximum absolute atomic E-state index is 15.1. The van der Waals surface area contributed by atoms with E-state index in [9.17, 15) is 45.4 Å². The fourth-order valence-corrected chi connectivity index (χ4v) is 6.02. The van der Waals surface area contributed by atoms with Crippen LogP contribution in [0.15, 0.2) is 48.5 Å². The fourth-order valence-electron chi connectivity index (χ4n) is 6.02. The SMILES string of the molecule is CC(C)(O)C#Cc1ccc(-c2ccc(F)c(C(N)=O)c2)c([C@@H](CC(=O)Cn2nc(C(F)F)c3c2C(F)(F)CCC3(F)F)Cc2cc(F)cc(F)c2)n1. The molecule has 1 amide bonds. The Labute approximate surface area is 290 Å². The molecule has 0 aliphatic heterocycles. The van der Waals surface area contributed by atoms with E-state index in [1.807, 2.05) is 0 Å². The van der Waals surface area contributed by atoms with Crippen molar-refractivity contribution in [1.82, 2.24) is 14.8 Å². The van der Waals surface area contributed by atoms with Gasteiger partial charge in [-0.1, -0.05) is 12.0 Å². The molecule has 2 aromatic heterocycles. The Balaban J connectivity index is 1.66. The number of Topliss-reactive ketones (excluding diaryl/α,β-unsaturated/α-hetero) is 1. The van der Waals surface area contributed by atoms with Crippen molar-refractivity contribution in [2.45, 2.75) is 75.9 Å². The van der Waals surface area contributed by atoms with Gasteiger partial charge in [-0.05, 0) is 73.7 Å². The monoisotopic (exact) mass is 736 g/mol. The number of benzene rings is 2. The molecule has 2 heterocycles. The van der Waals surface area contributed by atoms with E-state index in [1.54, 1.807) is 0 Å². The van der Waals surface area contributed by atoms with Crippen molar-refractivity contribution >= 4 is 11.7 Å². The molecule has 1 aliphatic carbocycles. The van der Waals surface area contributed by atoms with Crippen molar-refractivity contribution < 1.29 is 54.2 Å². The lowest BCUT2D eigenvalue weighted by molar-refractivity contribution is -0.121. The number of primary amides is 1. The molecule has 0 spiro atoms. The number of alkyl halides is 6. The molecule has 0 radical (unpaired) electrons. The van der Waals surface area contributed by atoms with E-state index in [2.05, 4.69) is 21.9 Å². The zero-order valence-corrected chi connectivity index (χ0v) is 27.4. The summed E-state index contributed by atoms with van der Waals surface area (Å²) >= 11 is 0. The van der Waals surface area contributed by atoms with Crippen LogP contribution in [0.1, 0.15) is 89.7 Å². The van der Waals surface area contributed by atoms with Gasteiger partial charge in [-0.15, -0.1) is 0 Å². The smallest absolute Gasteiger partial charge is 0.290 e. The Morgan fingerprint density at radius 3 is 2.23 bits per heavy atom. The maximum atomic E-state index is 15.1. The van der Waals surface area contributed by atoms with Gasteiger partial charge >= 0.3 is 0 Å². The summed E-state index contributed by atoms with van der Waals surface area (Å²) in [6, 6.07) is 8.55. The third-order valence-electron chi connectivity index (χ3n) is 8.21. The number of fused-ring (bicyclic) bond motifs is 1. The van der Waals surface area contributed by atoms with Crippen molar-refractivity contribution in [2.24, 2.45) is 5.73 Å². The Morgan fingerprint density at radius 1 is 0.962 bits per heavy atom. The van der Waals surface area contributed by atoms with Gasteiger partial charge in [0.05, 0.1) is 16.8 Å². The molecule has 3 N–H and O–H groups in total. The van der Waals surface area contributed by atoms with E-state index in [1.165, 1.54) is 32.0 Å². The fraction of sp³-hybridized carbons (Fsp3) is 0.333. The maximum Gasteiger partial charge on any atom is 0.290 e. The van der Waals surface area contributed by atoms with Gasteiger partial charge in [-0.25, -0.2) is 35.7 Å². The lowest BCUT2D eigenvalue weighted by Crippen LogP contribution is -2.33. The number of aromatic nitrogens is 3. The Kier molecular flexibility index (Phi) is 10.3. The number of rotatable bonds is 10. The highest BCUT2D eigenvalue weighted by Gasteiger charge is 2.55. The molecule has 16 heteroatoms. The Morgan fingerprint density at radius 2 is 1.62 bits per heavy atom. The third kappa shape index (κ3) is 8.31. The first-order valence-corrected chi connectivity index (χ1v) is 15.6. The van der Waals surface area contributed by atoms with Gasteiger partial charge in [0.15, 0.2) is 5.78 Å². The molecule has 0 unspecified atom stereocenters. The summed E-state index contributed by atoms with van der Waals surface area (Å²) in [5.41, 5.74) is -1.26. The van der Waals surface area contributed by atoms with E-state index in [0.717, 1.165) is 24.3 Å². The third-order valence-corrected chi connectivity index (χ3v) is 8.21. The molecule has 274 valence electrons. The average molecular weight is 737 g/mol. The number of aliphatic hydroxyl groups is 1. The van der Waals surface area contributed by atoms with E-state index >= 15 is 8.78 Å². The summed E-state index contributed by atoms with van der Waals surface area (Å²) in [6.07, 6.45) is -7.60. The largest absolute Gasteiger partial charge is 0.378 e. The van der Waals surface area contributed by atoms with Crippen LogP contribution in [0.4, 0.5) is 39.5 Å². The summed E-state index contributed by atoms with van der Waals surface area (Å²) in [5.74, 6) is -9.25. The standard InChI is InChI=1S/C36H29F9N4O3/c1-34(2,52)8-7-23-4-5-25(19-3-6-27(39)26(15-19)33(46)51)29(47-23)20(11-18-12-21(37)16-22(38)13-18)14-24(50)17-49-31-28(30(48-49)32(40)41)35(42,43)9-10-36(31,44)45/h3-6,12-13,15-16,20,32,52H,9-11,14,17H2,1-2H3,(H2,46,51)/t20-/m1/s1. The number of pyridine rings is 1. The quantitative estimate of drug-likeness (QED) is 0.130. The minimum atomic E-state index is -4.09. The molecule has 1 aliphatic rings. The molecule has 5 rings (SSSR count). The van der Waals surface area contributed by atoms with Crippen molar-refractivity contribution in [1.29, 1.82) is 0 Å². The van der Waals surface area contributed by atoms with Gasteiger partial charge in [0.2, 0.25) is 0 Å². The zero-order valence-electron chi connectivity index (χ0n) is 27.4. The molecule has 7 nitrogen and oxygen atoms in total. The van der Waals surface area contributed by atoms with Gasteiger partial charge in [0.25, 0.3) is 24.2 Å². The number of halogens is 9. The highest BCUT2D eigenvalue weighted by atomic mass is 19.3. The van der Waals surface area contributed by atoms with Gasteiger partial charge in [0, 0.05) is 36.8 Å². The van der Waals surface area contributed by atoms with Gasteiger partial charge in [-0.3, -0.25) is 14.3 Å². The summed E-state index contributed by atoms with van der Waals surface area (Å²) < 4.78 is 131. The van der Waals surface area contributed by atoms with Crippen molar-refractivity contribution in [3.63, 3.8) is 0 Å². The van der Waals surface area contributed by atoms with Crippen LogP contribution in [-0.4, -0.2) is 37.2 Å². The first-order chi connectivity index (χ1) is 24.1. The number of ketones is 1. The summed E-state index contributed by atoms with van der Waals surface area (Å²) in [6.45, 7) is 1.59. The second-order valence-corrected chi connectivity index (χ2v) is 12.9. The Bertz CT molecular complexity index is 2090. The highest BCUT2D eigenvalue weighted by Crippen LogP contribution is 2.52. The zero-order chi connectivity index (χ0) is 38.3. The molecular weight excluding hydrogens is 707 g/mol. The van der Waals surface area contributed by atoms with Gasteiger partial charge < -0.3 is 10.8 Å². The van der Waals surface area contributed by atoms with Crippen LogP contribution < -0.4 is 5.73 Å². The van der Waals surface area contributed by atoms with Gasteiger partial charge in [0.1, 0.15) is 46.7 Å². The minimum absolute atomic E-state index is 0.00516. The van der Waals surface area contributed by atoms with E-state index < -0.39 is 107 Å². The average Bonchev–Trinajstić information content (AvgIpc) is 3.43. The summed E-state index contributed by atoms with van der Waals surface area (Å²) in [4.78, 5) is 30.2. The van der Waals surface area contributed by atoms with E-state index in [-0.39, 0.29) is 39.2 Å². The van der Waals surface area contributed by atoms with Crippen LogP contribution in [0.25, 0.3) is 11.1 Å². The molecule has 0 saturated carbocycles. The first-order valence-electron chi connectivity index (χ1n) is 15.6. The number of hydrogen-bond donors (Lipinski definition) is 2. The summed E-state index contributed by atoms with van der Waals surface area (Å²) in [7, 11) is 0. The second-order valence-electron chi connectivity index (χ2n) is 12.9. The molecule has 4 aromatic rings. The summed E-state index contributed by atoms with van der Waals surface area (Å²) in [5, 5.41) is 13.5. The van der Waals surface area contributed by atoms with E-state index in [0.29, 0.717) is 6.07 Å². The molecule has 0 fully saturated rings. The number of nitrogens with zero attached hydrogens (tertiary/aromatic N) is 3. The lowest BCUT2D eigenvalue weighted by Gasteiger charge is -2.29. The first kappa shape index (κ1) is 38.1. The molecule has 0 bridgehead atoms. The number of hydrogen-bond acceptors (Lipinski definition) is 5. The predicted octanol–water partition coefficient (Wildman–Crippen LogP) is 7.48. The highest BCUT2D eigenvalue weighted by molar-refractivity contribution is 5.94. The predicted molar refractivity (Wildman–Crippen MR) is 168 cm³/mol. The Hall–Kier alpha value is -5.17. The van der Waals surface area contributed by atoms with Crippen LogP contribution in [-0.2, 0) is 29.6 Å².